The molecule has 0 bridgehead atoms. The Balaban J connectivity index is 1.74. The second kappa shape index (κ2) is 5.20. The summed E-state index contributed by atoms with van der Waals surface area (Å²) in [6.07, 6.45) is 5.99. The highest BCUT2D eigenvalue weighted by atomic mass is 16.5. The molecule has 0 saturated carbocycles. The zero-order valence-corrected chi connectivity index (χ0v) is 10.5. The molecule has 1 saturated heterocycles. The van der Waals surface area contributed by atoms with Crippen LogP contribution in [0.3, 0.4) is 0 Å². The summed E-state index contributed by atoms with van der Waals surface area (Å²) < 4.78 is 7.32. The van der Waals surface area contributed by atoms with Gasteiger partial charge >= 0.3 is 0 Å². The van der Waals surface area contributed by atoms with Crippen LogP contribution in [0.1, 0.15) is 30.5 Å². The normalized spacial score (nSPS) is 23.0. The van der Waals surface area contributed by atoms with Crippen molar-refractivity contribution in [2.45, 2.75) is 44.9 Å². The number of aryl methyl sites for hydroxylation is 1. The Bertz CT molecular complexity index is 478. The van der Waals surface area contributed by atoms with Gasteiger partial charge in [0.1, 0.15) is 0 Å². The lowest BCUT2D eigenvalue weighted by molar-refractivity contribution is 0.1000. The van der Waals surface area contributed by atoms with Crippen molar-refractivity contribution in [3.8, 4) is 0 Å². The predicted molar refractivity (Wildman–Crippen MR) is 67.5 cm³/mol. The van der Waals surface area contributed by atoms with E-state index in [1.54, 1.807) is 10.9 Å². The minimum atomic E-state index is 0.138. The number of hydrogen-bond acceptors (Lipinski definition) is 4. The van der Waals surface area contributed by atoms with Crippen LogP contribution in [0, 0.1) is 0 Å². The second-order valence-electron chi connectivity index (χ2n) is 5.02. The van der Waals surface area contributed by atoms with Gasteiger partial charge in [-0.2, -0.15) is 0 Å². The Morgan fingerprint density at radius 3 is 3.33 bits per heavy atom. The van der Waals surface area contributed by atoms with Crippen molar-refractivity contribution in [3.63, 3.8) is 0 Å². The molecule has 3 rings (SSSR count). The molecule has 5 heteroatoms. The number of nitrogens with zero attached hydrogens (tertiary/aromatic N) is 2. The third-order valence-corrected chi connectivity index (χ3v) is 3.78. The van der Waals surface area contributed by atoms with Gasteiger partial charge in [0.2, 0.25) is 0 Å². The van der Waals surface area contributed by atoms with Crippen LogP contribution in [0.25, 0.3) is 0 Å². The van der Waals surface area contributed by atoms with Crippen LogP contribution in [-0.4, -0.2) is 28.8 Å². The number of hydrogen-bond donors (Lipinski definition) is 1. The summed E-state index contributed by atoms with van der Waals surface area (Å²) in [6, 6.07) is 0. The fourth-order valence-electron chi connectivity index (χ4n) is 2.70. The molecule has 0 aliphatic carbocycles. The Kier molecular flexibility index (Phi) is 3.43. The monoisotopic (exact) mass is 249 g/mol. The van der Waals surface area contributed by atoms with E-state index >= 15 is 0 Å². The predicted octanol–water partition coefficient (Wildman–Crippen LogP) is 0.458. The third-order valence-electron chi connectivity index (χ3n) is 3.78. The second-order valence-corrected chi connectivity index (χ2v) is 5.02. The maximum absolute atomic E-state index is 12.3. The highest BCUT2D eigenvalue weighted by Gasteiger charge is 2.18. The molecule has 1 atom stereocenters. The van der Waals surface area contributed by atoms with E-state index in [1.165, 1.54) is 0 Å². The van der Waals surface area contributed by atoms with Crippen LogP contribution >= 0.6 is 0 Å². The Labute approximate surface area is 106 Å². The van der Waals surface area contributed by atoms with Gasteiger partial charge in [0.05, 0.1) is 18.1 Å². The van der Waals surface area contributed by atoms with E-state index in [9.17, 15) is 4.79 Å². The molecule has 1 unspecified atom stereocenters. The summed E-state index contributed by atoms with van der Waals surface area (Å²) in [4.78, 5) is 16.7. The van der Waals surface area contributed by atoms with Gasteiger partial charge in [0, 0.05) is 25.3 Å². The number of rotatable bonds is 3. The highest BCUT2D eigenvalue weighted by molar-refractivity contribution is 5.19. The molecule has 98 valence electrons. The van der Waals surface area contributed by atoms with Gasteiger partial charge in [-0.3, -0.25) is 9.36 Å². The molecule has 0 radical (unpaired) electrons. The standard InChI is InChI=1S/C13H19N3O2/c17-13-11-3-5-14-8-12(11)15-9-16(13)6-4-10-2-1-7-18-10/h9-10,14H,1-8H2. The fourth-order valence-corrected chi connectivity index (χ4v) is 2.70. The van der Waals surface area contributed by atoms with Crippen molar-refractivity contribution in [3.05, 3.63) is 27.9 Å². The quantitative estimate of drug-likeness (QED) is 0.845. The maximum atomic E-state index is 12.3. The van der Waals surface area contributed by atoms with Gasteiger partial charge in [-0.1, -0.05) is 0 Å². The third kappa shape index (κ3) is 2.33. The lowest BCUT2D eigenvalue weighted by atomic mass is 10.1. The van der Waals surface area contributed by atoms with E-state index in [1.807, 2.05) is 0 Å². The van der Waals surface area contributed by atoms with Crippen molar-refractivity contribution in [1.82, 2.24) is 14.9 Å². The minimum Gasteiger partial charge on any atom is -0.378 e. The Morgan fingerprint density at radius 2 is 2.50 bits per heavy atom. The number of aromatic nitrogens is 2. The first kappa shape index (κ1) is 11.9. The van der Waals surface area contributed by atoms with Gasteiger partial charge in [-0.15, -0.1) is 0 Å². The number of fused-ring (bicyclic) bond motifs is 1. The molecule has 18 heavy (non-hydrogen) atoms. The molecule has 5 nitrogen and oxygen atoms in total. The van der Waals surface area contributed by atoms with Crippen LogP contribution in [-0.2, 0) is 24.2 Å². The smallest absolute Gasteiger partial charge is 0.256 e. The molecule has 0 amide bonds. The highest BCUT2D eigenvalue weighted by Crippen LogP contribution is 2.15. The molecule has 1 fully saturated rings. The van der Waals surface area contributed by atoms with Crippen LogP contribution in [0.15, 0.2) is 11.1 Å². The number of ether oxygens (including phenoxy) is 1. The molecule has 1 aromatic heterocycles. The fraction of sp³-hybridized carbons (Fsp3) is 0.692. The summed E-state index contributed by atoms with van der Waals surface area (Å²) in [5.74, 6) is 0. The van der Waals surface area contributed by atoms with Crippen molar-refractivity contribution >= 4 is 0 Å². The largest absolute Gasteiger partial charge is 0.378 e. The maximum Gasteiger partial charge on any atom is 0.256 e. The van der Waals surface area contributed by atoms with Gasteiger partial charge in [0.25, 0.3) is 5.56 Å². The molecule has 0 aromatic carbocycles. The Morgan fingerprint density at radius 1 is 1.56 bits per heavy atom. The summed E-state index contributed by atoms with van der Waals surface area (Å²) in [6.45, 7) is 3.18. The van der Waals surface area contributed by atoms with E-state index in [2.05, 4.69) is 10.3 Å². The van der Waals surface area contributed by atoms with Crippen molar-refractivity contribution in [2.75, 3.05) is 13.2 Å². The van der Waals surface area contributed by atoms with Crippen LogP contribution in [0.4, 0.5) is 0 Å². The van der Waals surface area contributed by atoms with E-state index in [0.29, 0.717) is 6.10 Å². The first-order valence-electron chi connectivity index (χ1n) is 6.74. The molecule has 1 N–H and O–H groups in total. The molecule has 0 spiro atoms. The SMILES string of the molecule is O=c1c2c(ncn1CCC1CCCO1)CNCC2. The molecule has 2 aliphatic rings. The first-order chi connectivity index (χ1) is 8.84. The van der Waals surface area contributed by atoms with Crippen molar-refractivity contribution in [1.29, 1.82) is 0 Å². The van der Waals surface area contributed by atoms with E-state index in [4.69, 9.17) is 4.74 Å². The minimum absolute atomic E-state index is 0.138. The summed E-state index contributed by atoms with van der Waals surface area (Å²) in [7, 11) is 0. The lowest BCUT2D eigenvalue weighted by Crippen LogP contribution is -2.34. The molecular weight excluding hydrogens is 230 g/mol. The topological polar surface area (TPSA) is 56.2 Å². The van der Waals surface area contributed by atoms with E-state index in [-0.39, 0.29) is 5.56 Å². The zero-order chi connectivity index (χ0) is 12.4. The van der Waals surface area contributed by atoms with Crippen molar-refractivity contribution in [2.24, 2.45) is 0 Å². The van der Waals surface area contributed by atoms with Gasteiger partial charge in [0.15, 0.2) is 0 Å². The van der Waals surface area contributed by atoms with Gasteiger partial charge in [-0.25, -0.2) is 4.98 Å². The summed E-state index contributed by atoms with van der Waals surface area (Å²) in [5.41, 5.74) is 1.95. The van der Waals surface area contributed by atoms with Gasteiger partial charge in [-0.05, 0) is 32.2 Å². The Hall–Kier alpha value is -1.20. The zero-order valence-electron chi connectivity index (χ0n) is 10.5. The summed E-state index contributed by atoms with van der Waals surface area (Å²) in [5, 5.41) is 3.23. The molecule has 2 aliphatic heterocycles. The van der Waals surface area contributed by atoms with Crippen LogP contribution < -0.4 is 10.9 Å². The summed E-state index contributed by atoms with van der Waals surface area (Å²) >= 11 is 0. The molecular formula is C13H19N3O2. The van der Waals surface area contributed by atoms with Crippen molar-refractivity contribution < 1.29 is 4.74 Å². The number of nitrogens with one attached hydrogen (secondary N) is 1. The first-order valence-corrected chi connectivity index (χ1v) is 6.74. The van der Waals surface area contributed by atoms with Gasteiger partial charge < -0.3 is 10.1 Å². The lowest BCUT2D eigenvalue weighted by Gasteiger charge is -2.17. The average molecular weight is 249 g/mol. The molecule has 1 aromatic rings. The average Bonchev–Trinajstić information content (AvgIpc) is 2.91. The van der Waals surface area contributed by atoms with E-state index in [0.717, 1.165) is 63.2 Å². The van der Waals surface area contributed by atoms with Crippen LogP contribution in [0.5, 0.6) is 0 Å². The molecule has 3 heterocycles. The van der Waals surface area contributed by atoms with E-state index < -0.39 is 0 Å². The van der Waals surface area contributed by atoms with Crippen LogP contribution in [0.2, 0.25) is 0 Å².